The van der Waals surface area contributed by atoms with E-state index in [4.69, 9.17) is 4.74 Å². The highest BCUT2D eigenvalue weighted by Crippen LogP contribution is 2.29. The minimum atomic E-state index is -1.11. The molecule has 2 rings (SSSR count). The summed E-state index contributed by atoms with van der Waals surface area (Å²) < 4.78 is 5.41. The number of carbonyl (C=O) groups is 3. The number of amides is 3. The third-order valence-corrected chi connectivity index (χ3v) is 6.81. The molecule has 0 heterocycles. The number of nitriles is 1. The second-order valence-electron chi connectivity index (χ2n) is 11.1. The smallest absolute Gasteiger partial charge is 0.408 e. The van der Waals surface area contributed by atoms with Crippen molar-refractivity contribution in [3.05, 3.63) is 64.2 Å². The van der Waals surface area contributed by atoms with Gasteiger partial charge in [-0.25, -0.2) is 4.79 Å². The van der Waals surface area contributed by atoms with Crippen molar-refractivity contribution in [1.82, 2.24) is 10.2 Å². The molecule has 0 saturated carbocycles. The zero-order chi connectivity index (χ0) is 29.5. The number of para-hydroxylation sites is 1. The molecule has 0 bridgehead atoms. The number of hydrogen-bond acceptors (Lipinski definition) is 5. The fraction of sp³-hybridized carbons (Fsp3) is 0.484. The van der Waals surface area contributed by atoms with Crippen LogP contribution in [0.3, 0.4) is 0 Å². The third kappa shape index (κ3) is 8.31. The van der Waals surface area contributed by atoms with Crippen molar-refractivity contribution >= 4 is 23.6 Å². The van der Waals surface area contributed by atoms with Gasteiger partial charge in [0.15, 0.2) is 0 Å². The molecule has 0 radical (unpaired) electrons. The molecule has 0 aliphatic heterocycles. The van der Waals surface area contributed by atoms with Gasteiger partial charge in [-0.15, -0.1) is 0 Å². The summed E-state index contributed by atoms with van der Waals surface area (Å²) >= 11 is 0. The molecule has 8 nitrogen and oxygen atoms in total. The van der Waals surface area contributed by atoms with Crippen LogP contribution in [0, 0.1) is 44.9 Å². The highest BCUT2D eigenvalue weighted by molar-refractivity contribution is 6.00. The van der Waals surface area contributed by atoms with Gasteiger partial charge in [-0.2, -0.15) is 5.26 Å². The molecule has 2 aromatic carbocycles. The second-order valence-corrected chi connectivity index (χ2v) is 11.1. The van der Waals surface area contributed by atoms with E-state index in [1.54, 1.807) is 26.8 Å². The summed E-state index contributed by atoms with van der Waals surface area (Å²) in [6, 6.07) is 11.2. The first kappa shape index (κ1) is 31.4. The van der Waals surface area contributed by atoms with E-state index < -0.39 is 35.6 Å². The number of aryl methyl sites for hydroxylation is 4. The monoisotopic (exact) mass is 534 g/mol. The van der Waals surface area contributed by atoms with Crippen LogP contribution in [0.1, 0.15) is 74.9 Å². The van der Waals surface area contributed by atoms with Crippen molar-refractivity contribution in [3.8, 4) is 6.07 Å². The molecule has 210 valence electrons. The van der Waals surface area contributed by atoms with E-state index in [1.165, 1.54) is 4.90 Å². The van der Waals surface area contributed by atoms with Crippen LogP contribution in [-0.2, 0) is 14.3 Å². The van der Waals surface area contributed by atoms with Crippen molar-refractivity contribution in [2.45, 2.75) is 86.4 Å². The lowest BCUT2D eigenvalue weighted by Crippen LogP contribution is -2.54. The molecular weight excluding hydrogens is 492 g/mol. The van der Waals surface area contributed by atoms with Gasteiger partial charge in [0.05, 0.1) is 6.07 Å². The lowest BCUT2D eigenvalue weighted by Gasteiger charge is -2.35. The Morgan fingerprint density at radius 1 is 1.00 bits per heavy atom. The molecule has 3 amide bonds. The molecule has 39 heavy (non-hydrogen) atoms. The van der Waals surface area contributed by atoms with Crippen LogP contribution in [0.2, 0.25) is 0 Å². The third-order valence-electron chi connectivity index (χ3n) is 6.81. The summed E-state index contributed by atoms with van der Waals surface area (Å²) in [6.45, 7) is 16.3. The summed E-state index contributed by atoms with van der Waals surface area (Å²) in [6.07, 6.45) is -0.157. The molecule has 0 fully saturated rings. The lowest BCUT2D eigenvalue weighted by molar-refractivity contribution is -0.141. The number of rotatable bonds is 9. The van der Waals surface area contributed by atoms with Crippen molar-refractivity contribution in [3.63, 3.8) is 0 Å². The first-order chi connectivity index (χ1) is 18.2. The highest BCUT2D eigenvalue weighted by atomic mass is 16.6. The van der Waals surface area contributed by atoms with Gasteiger partial charge in [0, 0.05) is 5.69 Å². The molecule has 8 heteroatoms. The summed E-state index contributed by atoms with van der Waals surface area (Å²) in [4.78, 5) is 42.0. The summed E-state index contributed by atoms with van der Waals surface area (Å²) in [7, 11) is 0. The van der Waals surface area contributed by atoms with Crippen molar-refractivity contribution in [2.24, 2.45) is 5.92 Å². The van der Waals surface area contributed by atoms with Gasteiger partial charge in [0.25, 0.3) is 5.91 Å². The predicted octanol–water partition coefficient (Wildman–Crippen LogP) is 5.89. The van der Waals surface area contributed by atoms with Crippen LogP contribution < -0.4 is 10.6 Å². The number of hydrogen-bond donors (Lipinski definition) is 2. The Morgan fingerprint density at radius 3 is 2.13 bits per heavy atom. The minimum Gasteiger partial charge on any atom is -0.444 e. The molecular formula is C31H42N4O4. The van der Waals surface area contributed by atoms with E-state index in [0.717, 1.165) is 22.3 Å². The van der Waals surface area contributed by atoms with Crippen LogP contribution in [-0.4, -0.2) is 41.0 Å². The van der Waals surface area contributed by atoms with Crippen molar-refractivity contribution < 1.29 is 19.1 Å². The predicted molar refractivity (Wildman–Crippen MR) is 153 cm³/mol. The van der Waals surface area contributed by atoms with Crippen LogP contribution in [0.25, 0.3) is 0 Å². The molecule has 0 aliphatic rings. The summed E-state index contributed by atoms with van der Waals surface area (Å²) in [5, 5.41) is 15.5. The zero-order valence-electron chi connectivity index (χ0n) is 24.6. The molecule has 0 aliphatic carbocycles. The van der Waals surface area contributed by atoms with Crippen LogP contribution in [0.4, 0.5) is 10.5 Å². The fourth-order valence-electron chi connectivity index (χ4n) is 4.28. The number of alkyl carbamates (subject to hydrolysis) is 1. The number of benzene rings is 2. The van der Waals surface area contributed by atoms with Crippen LogP contribution >= 0.6 is 0 Å². The SMILES string of the molecule is CCC(C)C(NC(=O)OC(C)(C)C)C(=O)N(CC#N)C(C(=O)Nc1c(C)cccc1C)c1ccc(C)c(C)c1. The number of carbonyl (C=O) groups excluding carboxylic acids is 3. The molecule has 0 spiro atoms. The van der Waals surface area contributed by atoms with Crippen molar-refractivity contribution in [1.29, 1.82) is 5.26 Å². The van der Waals surface area contributed by atoms with E-state index in [2.05, 4.69) is 16.7 Å². The molecule has 2 aromatic rings. The maximum Gasteiger partial charge on any atom is 0.408 e. The average Bonchev–Trinajstić information content (AvgIpc) is 2.84. The zero-order valence-corrected chi connectivity index (χ0v) is 24.6. The van der Waals surface area contributed by atoms with Crippen LogP contribution in [0.5, 0.6) is 0 Å². The fourth-order valence-corrected chi connectivity index (χ4v) is 4.28. The molecule has 0 aromatic heterocycles. The lowest BCUT2D eigenvalue weighted by atomic mass is 9.94. The van der Waals surface area contributed by atoms with Gasteiger partial charge in [0.2, 0.25) is 5.91 Å². The van der Waals surface area contributed by atoms with E-state index in [1.807, 2.05) is 71.9 Å². The summed E-state index contributed by atoms with van der Waals surface area (Å²) in [5.74, 6) is -1.26. The Kier molecular flexibility index (Phi) is 10.7. The maximum atomic E-state index is 14.1. The first-order valence-corrected chi connectivity index (χ1v) is 13.3. The van der Waals surface area contributed by atoms with E-state index >= 15 is 0 Å². The number of nitrogens with zero attached hydrogens (tertiary/aromatic N) is 2. The quantitative estimate of drug-likeness (QED) is 0.390. The van der Waals surface area contributed by atoms with Gasteiger partial charge in [0.1, 0.15) is 24.2 Å². The standard InChI is InChI=1S/C31H42N4O4/c1-10-19(2)26(34-30(38)39-31(7,8)9)29(37)35(17-16-32)27(24-15-14-20(3)23(6)18-24)28(36)33-25-21(4)12-11-13-22(25)5/h11-15,18-19,26-27H,10,17H2,1-9H3,(H,33,36)(H,34,38). The Labute approximate surface area is 232 Å². The molecule has 3 atom stereocenters. The van der Waals surface area contributed by atoms with Gasteiger partial charge in [-0.1, -0.05) is 56.7 Å². The van der Waals surface area contributed by atoms with E-state index in [9.17, 15) is 19.6 Å². The van der Waals surface area contributed by atoms with Crippen LogP contribution in [0.15, 0.2) is 36.4 Å². The molecule has 0 saturated heterocycles. The van der Waals surface area contributed by atoms with Gasteiger partial charge >= 0.3 is 6.09 Å². The highest BCUT2D eigenvalue weighted by Gasteiger charge is 2.38. The molecule has 3 unspecified atom stereocenters. The topological polar surface area (TPSA) is 112 Å². The number of nitrogens with one attached hydrogen (secondary N) is 2. The molecule has 2 N–H and O–H groups in total. The Hall–Kier alpha value is -3.86. The Bertz CT molecular complexity index is 1220. The maximum absolute atomic E-state index is 14.1. The average molecular weight is 535 g/mol. The number of ether oxygens (including phenoxy) is 1. The largest absolute Gasteiger partial charge is 0.444 e. The van der Waals surface area contributed by atoms with Gasteiger partial charge < -0.3 is 20.3 Å². The Morgan fingerprint density at radius 2 is 1.62 bits per heavy atom. The first-order valence-electron chi connectivity index (χ1n) is 13.3. The van der Waals surface area contributed by atoms with E-state index in [-0.39, 0.29) is 12.5 Å². The number of anilines is 1. The van der Waals surface area contributed by atoms with Gasteiger partial charge in [-0.05, 0) is 82.2 Å². The normalized spacial score (nSPS) is 13.4. The minimum absolute atomic E-state index is 0.284. The Balaban J connectivity index is 2.61. The summed E-state index contributed by atoms with van der Waals surface area (Å²) in [5.41, 5.74) is 4.22. The van der Waals surface area contributed by atoms with Gasteiger partial charge in [-0.3, -0.25) is 9.59 Å². The van der Waals surface area contributed by atoms with E-state index in [0.29, 0.717) is 17.7 Å². The second kappa shape index (κ2) is 13.3. The van der Waals surface area contributed by atoms with Crippen molar-refractivity contribution in [2.75, 3.05) is 11.9 Å².